The highest BCUT2D eigenvalue weighted by molar-refractivity contribution is 6.35. The van der Waals surface area contributed by atoms with Crippen LogP contribution in [0.25, 0.3) is 0 Å². The second-order valence-electron chi connectivity index (χ2n) is 8.02. The summed E-state index contributed by atoms with van der Waals surface area (Å²) in [6.07, 6.45) is -2.23. The van der Waals surface area contributed by atoms with Crippen molar-refractivity contribution in [1.29, 1.82) is 0 Å². The third-order valence-electron chi connectivity index (χ3n) is 5.53. The second-order valence-corrected chi connectivity index (χ2v) is 9.30. The molecule has 1 heterocycles. The molecule has 0 spiro atoms. The molecule has 0 aromatic heterocycles. The van der Waals surface area contributed by atoms with Crippen molar-refractivity contribution >= 4 is 46.7 Å². The predicted molar refractivity (Wildman–Crippen MR) is 128 cm³/mol. The van der Waals surface area contributed by atoms with E-state index < -0.39 is 30.4 Å². The number of ether oxygens (including phenoxy) is 5. The van der Waals surface area contributed by atoms with E-state index in [4.69, 9.17) is 58.5 Å². The topological polar surface area (TPSA) is 80.3 Å². The van der Waals surface area contributed by atoms with Gasteiger partial charge in [-0.2, -0.15) is 0 Å². The summed E-state index contributed by atoms with van der Waals surface area (Å²) in [5.41, 5.74) is 0. The molecule has 10 heteroatoms. The van der Waals surface area contributed by atoms with Crippen LogP contribution in [0.1, 0.15) is 27.7 Å². The first kappa shape index (κ1) is 26.4. The summed E-state index contributed by atoms with van der Waals surface area (Å²) in [5.74, 6) is -0.253. The molecule has 1 aliphatic rings. The Kier molecular flexibility index (Phi) is 8.93. The number of carbonyl (C=O) groups is 2. The smallest absolute Gasteiger partial charge is 0.303 e. The van der Waals surface area contributed by atoms with Gasteiger partial charge in [-0.3, -0.25) is 9.59 Å². The van der Waals surface area contributed by atoms with E-state index in [0.29, 0.717) is 26.6 Å². The largest absolute Gasteiger partial charge is 0.463 e. The molecule has 2 aromatic rings. The van der Waals surface area contributed by atoms with E-state index in [-0.39, 0.29) is 24.2 Å². The first-order valence-electron chi connectivity index (χ1n) is 10.6. The van der Waals surface area contributed by atoms with Gasteiger partial charge in [0.05, 0.1) is 11.1 Å². The van der Waals surface area contributed by atoms with E-state index >= 15 is 0 Å². The number of esters is 2. The number of hydrogen-bond donors (Lipinski definition) is 0. The maximum absolute atomic E-state index is 11.8. The predicted octanol–water partition coefficient (Wildman–Crippen LogP) is 6.31. The standard InChI is InChI=1S/C24H25Cl3O7/c1-12-13(2)23(31-15(4)29)24(34-22(12)11-30-14(3)28)33-21-10-17(26)6-8-20(21)32-19-7-5-16(25)9-18(19)27/h5-10,12-13,22-24H,11H2,1-4H3/t12-,13-,22?,23?,24+/m0/s1. The summed E-state index contributed by atoms with van der Waals surface area (Å²) in [6.45, 7) is 6.52. The summed E-state index contributed by atoms with van der Waals surface area (Å²) in [4.78, 5) is 23.1. The maximum atomic E-state index is 11.8. The minimum Gasteiger partial charge on any atom is -0.463 e. The second kappa shape index (κ2) is 11.5. The third-order valence-corrected chi connectivity index (χ3v) is 6.29. The summed E-state index contributed by atoms with van der Waals surface area (Å²) in [5, 5.41) is 1.16. The SMILES string of the molecule is CC(=O)OCC1O[C@@H](Oc2cc(Cl)ccc2Oc2ccc(Cl)cc2Cl)C(OC(C)=O)[C@@H](C)[C@@H]1C. The fourth-order valence-electron chi connectivity index (χ4n) is 3.56. The van der Waals surface area contributed by atoms with Gasteiger partial charge in [0.15, 0.2) is 17.6 Å². The average Bonchev–Trinajstić information content (AvgIpc) is 2.75. The Morgan fingerprint density at radius 1 is 0.882 bits per heavy atom. The lowest BCUT2D eigenvalue weighted by Crippen LogP contribution is -2.54. The zero-order valence-corrected chi connectivity index (χ0v) is 21.3. The van der Waals surface area contributed by atoms with Crippen LogP contribution in [-0.2, 0) is 23.8 Å². The van der Waals surface area contributed by atoms with Crippen molar-refractivity contribution in [2.24, 2.45) is 11.8 Å². The molecule has 0 radical (unpaired) electrons. The Morgan fingerprint density at radius 3 is 2.15 bits per heavy atom. The average molecular weight is 532 g/mol. The van der Waals surface area contributed by atoms with E-state index in [1.165, 1.54) is 13.8 Å². The van der Waals surface area contributed by atoms with Gasteiger partial charge in [0.25, 0.3) is 0 Å². The zero-order chi connectivity index (χ0) is 25.0. The van der Waals surface area contributed by atoms with Gasteiger partial charge in [-0.25, -0.2) is 0 Å². The van der Waals surface area contributed by atoms with Crippen molar-refractivity contribution in [2.45, 2.75) is 46.2 Å². The van der Waals surface area contributed by atoms with Crippen molar-refractivity contribution in [1.82, 2.24) is 0 Å². The van der Waals surface area contributed by atoms with E-state index in [9.17, 15) is 9.59 Å². The van der Waals surface area contributed by atoms with Crippen molar-refractivity contribution in [3.05, 3.63) is 51.5 Å². The first-order valence-corrected chi connectivity index (χ1v) is 11.7. The number of benzene rings is 2. The lowest BCUT2D eigenvalue weighted by Gasteiger charge is -2.43. The minimum absolute atomic E-state index is 0.0345. The molecular formula is C24H25Cl3O7. The van der Waals surface area contributed by atoms with Crippen LogP contribution in [-0.4, -0.2) is 37.0 Å². The van der Waals surface area contributed by atoms with Crippen molar-refractivity contribution in [3.8, 4) is 17.2 Å². The Balaban J connectivity index is 1.91. The van der Waals surface area contributed by atoms with Crippen LogP contribution in [0.3, 0.4) is 0 Å². The third kappa shape index (κ3) is 6.69. The van der Waals surface area contributed by atoms with Gasteiger partial charge in [0, 0.05) is 35.9 Å². The molecule has 0 aliphatic carbocycles. The monoisotopic (exact) mass is 530 g/mol. The molecule has 2 aromatic carbocycles. The maximum Gasteiger partial charge on any atom is 0.303 e. The molecule has 2 unspecified atom stereocenters. The molecule has 0 bridgehead atoms. The Hall–Kier alpha value is -2.19. The first-order chi connectivity index (χ1) is 16.0. The van der Waals surface area contributed by atoms with Crippen LogP contribution in [0.15, 0.2) is 36.4 Å². The molecule has 0 N–H and O–H groups in total. The van der Waals surface area contributed by atoms with Crippen molar-refractivity contribution < 1.29 is 33.3 Å². The lowest BCUT2D eigenvalue weighted by molar-refractivity contribution is -0.253. The van der Waals surface area contributed by atoms with E-state index in [0.717, 1.165) is 0 Å². The normalized spacial score (nSPS) is 24.3. The van der Waals surface area contributed by atoms with Crippen LogP contribution in [0, 0.1) is 11.8 Å². The molecule has 1 saturated heterocycles. The van der Waals surface area contributed by atoms with Gasteiger partial charge in [0.2, 0.25) is 6.29 Å². The number of rotatable bonds is 7. The van der Waals surface area contributed by atoms with E-state index in [1.807, 2.05) is 13.8 Å². The summed E-state index contributed by atoms with van der Waals surface area (Å²) in [7, 11) is 0. The lowest BCUT2D eigenvalue weighted by atomic mass is 9.83. The van der Waals surface area contributed by atoms with Gasteiger partial charge in [-0.05, 0) is 36.2 Å². The fraction of sp³-hybridized carbons (Fsp3) is 0.417. The molecule has 7 nitrogen and oxygen atoms in total. The van der Waals surface area contributed by atoms with Gasteiger partial charge in [-0.1, -0.05) is 48.7 Å². The number of carbonyl (C=O) groups excluding carboxylic acids is 2. The van der Waals surface area contributed by atoms with Crippen LogP contribution >= 0.6 is 34.8 Å². The van der Waals surface area contributed by atoms with Crippen LogP contribution in [0.4, 0.5) is 0 Å². The van der Waals surface area contributed by atoms with Gasteiger partial charge in [-0.15, -0.1) is 0 Å². The number of halogens is 3. The van der Waals surface area contributed by atoms with E-state index in [2.05, 4.69) is 0 Å². The van der Waals surface area contributed by atoms with Crippen LogP contribution in [0.2, 0.25) is 15.1 Å². The van der Waals surface area contributed by atoms with E-state index in [1.54, 1.807) is 36.4 Å². The highest BCUT2D eigenvalue weighted by Gasteiger charge is 2.45. The molecule has 1 fully saturated rings. The molecule has 184 valence electrons. The Bertz CT molecular complexity index is 1040. The van der Waals surface area contributed by atoms with Crippen molar-refractivity contribution in [3.63, 3.8) is 0 Å². The minimum atomic E-state index is -1.02. The Morgan fingerprint density at radius 2 is 1.53 bits per heavy atom. The molecular weight excluding hydrogens is 507 g/mol. The molecule has 5 atom stereocenters. The number of hydrogen-bond acceptors (Lipinski definition) is 7. The van der Waals surface area contributed by atoms with Crippen molar-refractivity contribution in [2.75, 3.05) is 6.61 Å². The summed E-state index contributed by atoms with van der Waals surface area (Å²) < 4.78 is 28.9. The summed E-state index contributed by atoms with van der Waals surface area (Å²) in [6, 6.07) is 9.63. The van der Waals surface area contributed by atoms with Gasteiger partial charge in [0.1, 0.15) is 12.4 Å². The highest BCUT2D eigenvalue weighted by Crippen LogP contribution is 2.40. The van der Waals surface area contributed by atoms with Crippen LogP contribution in [0.5, 0.6) is 17.2 Å². The molecule has 3 rings (SSSR count). The molecule has 0 amide bonds. The molecule has 0 saturated carbocycles. The highest BCUT2D eigenvalue weighted by atomic mass is 35.5. The molecule has 1 aliphatic heterocycles. The van der Waals surface area contributed by atoms with Gasteiger partial charge >= 0.3 is 11.9 Å². The molecule has 34 heavy (non-hydrogen) atoms. The zero-order valence-electron chi connectivity index (χ0n) is 19.0. The quantitative estimate of drug-likeness (QED) is 0.387. The fourth-order valence-corrected chi connectivity index (χ4v) is 4.17. The van der Waals surface area contributed by atoms with Crippen LogP contribution < -0.4 is 9.47 Å². The summed E-state index contributed by atoms with van der Waals surface area (Å²) >= 11 is 18.4. The Labute approximate surface area is 213 Å². The van der Waals surface area contributed by atoms with Gasteiger partial charge < -0.3 is 23.7 Å².